The number of nitrogens with two attached hydrogens (primary N) is 1. The molecular formula is C12H15F3N4O. The predicted molar refractivity (Wildman–Crippen MR) is 67.7 cm³/mol. The van der Waals surface area contributed by atoms with Gasteiger partial charge in [-0.15, -0.1) is 0 Å². The number of hydrogen-bond acceptors (Lipinski definition) is 4. The Morgan fingerprint density at radius 2 is 2.25 bits per heavy atom. The Morgan fingerprint density at radius 1 is 1.50 bits per heavy atom. The fourth-order valence-corrected chi connectivity index (χ4v) is 2.36. The van der Waals surface area contributed by atoms with Crippen LogP contribution in [0.3, 0.4) is 0 Å². The van der Waals surface area contributed by atoms with Gasteiger partial charge in [0.1, 0.15) is 5.69 Å². The molecule has 5 nitrogen and oxygen atoms in total. The maximum Gasteiger partial charge on any atom is 0.393 e. The molecule has 1 aliphatic rings. The van der Waals surface area contributed by atoms with Gasteiger partial charge in [-0.2, -0.15) is 13.2 Å². The summed E-state index contributed by atoms with van der Waals surface area (Å²) < 4.78 is 38.5. The molecule has 2 rings (SSSR count). The van der Waals surface area contributed by atoms with Crippen LogP contribution in [0.4, 0.5) is 18.9 Å². The van der Waals surface area contributed by atoms with Crippen LogP contribution in [0.15, 0.2) is 23.5 Å². The summed E-state index contributed by atoms with van der Waals surface area (Å²) in [6, 6.07) is 3.24. The molecule has 1 saturated heterocycles. The van der Waals surface area contributed by atoms with Crippen LogP contribution in [0.5, 0.6) is 0 Å². The first kappa shape index (κ1) is 14.4. The zero-order valence-corrected chi connectivity index (χ0v) is 10.6. The fourth-order valence-electron chi connectivity index (χ4n) is 2.36. The van der Waals surface area contributed by atoms with Gasteiger partial charge in [0.25, 0.3) is 0 Å². The van der Waals surface area contributed by atoms with E-state index < -0.39 is 12.1 Å². The lowest BCUT2D eigenvalue weighted by Gasteiger charge is -2.35. The Hall–Kier alpha value is -1.99. The minimum absolute atomic E-state index is 0.124. The molecule has 0 bridgehead atoms. The molecule has 0 aliphatic carbocycles. The molecule has 1 unspecified atom stereocenters. The number of hydrogen-bond donors (Lipinski definition) is 2. The van der Waals surface area contributed by atoms with E-state index in [1.807, 2.05) is 0 Å². The largest absolute Gasteiger partial charge is 0.409 e. The maximum atomic E-state index is 12.8. The monoisotopic (exact) mass is 288 g/mol. The maximum absolute atomic E-state index is 12.8. The van der Waals surface area contributed by atoms with E-state index in [1.54, 1.807) is 17.0 Å². The highest BCUT2D eigenvalue weighted by Gasteiger charge is 2.42. The quantitative estimate of drug-likeness (QED) is 0.377. The molecule has 1 aromatic heterocycles. The number of halogens is 3. The average molecular weight is 288 g/mol. The molecule has 1 aliphatic heterocycles. The molecule has 3 N–H and O–H groups in total. The summed E-state index contributed by atoms with van der Waals surface area (Å²) >= 11 is 0. The minimum Gasteiger partial charge on any atom is -0.409 e. The number of piperidine rings is 1. The number of amidine groups is 1. The van der Waals surface area contributed by atoms with Gasteiger partial charge >= 0.3 is 6.18 Å². The van der Waals surface area contributed by atoms with Crippen LogP contribution in [0, 0.1) is 5.92 Å². The Labute approximate surface area is 113 Å². The van der Waals surface area contributed by atoms with E-state index in [1.165, 1.54) is 6.20 Å². The molecule has 0 spiro atoms. The van der Waals surface area contributed by atoms with E-state index in [9.17, 15) is 13.2 Å². The van der Waals surface area contributed by atoms with Crippen LogP contribution < -0.4 is 10.6 Å². The molecule has 20 heavy (non-hydrogen) atoms. The van der Waals surface area contributed by atoms with Gasteiger partial charge in [-0.1, -0.05) is 5.16 Å². The van der Waals surface area contributed by atoms with Crippen LogP contribution >= 0.6 is 0 Å². The van der Waals surface area contributed by atoms with Crippen molar-refractivity contribution in [1.29, 1.82) is 0 Å². The second-order valence-corrected chi connectivity index (χ2v) is 4.68. The second-order valence-electron chi connectivity index (χ2n) is 4.68. The summed E-state index contributed by atoms with van der Waals surface area (Å²) in [4.78, 5) is 5.56. The van der Waals surface area contributed by atoms with Crippen molar-refractivity contribution in [1.82, 2.24) is 4.98 Å². The fraction of sp³-hybridized carbons (Fsp3) is 0.500. The molecule has 0 saturated carbocycles. The highest BCUT2D eigenvalue weighted by Crippen LogP contribution is 2.35. The topological polar surface area (TPSA) is 74.7 Å². The zero-order valence-electron chi connectivity index (χ0n) is 10.6. The molecule has 1 atom stereocenters. The number of rotatable bonds is 2. The second kappa shape index (κ2) is 5.56. The number of oxime groups is 1. The normalized spacial score (nSPS) is 21.1. The molecule has 1 fully saturated rings. The molecule has 2 heterocycles. The summed E-state index contributed by atoms with van der Waals surface area (Å²) in [6.07, 6.45) is -2.20. The lowest BCUT2D eigenvalue weighted by atomic mass is 9.97. The van der Waals surface area contributed by atoms with Gasteiger partial charge in [0.05, 0.1) is 11.6 Å². The van der Waals surface area contributed by atoms with E-state index in [0.717, 1.165) is 0 Å². The highest BCUT2D eigenvalue weighted by molar-refractivity contribution is 6.00. The molecule has 0 aromatic carbocycles. The first-order chi connectivity index (χ1) is 9.43. The number of pyridine rings is 1. The van der Waals surface area contributed by atoms with Crippen molar-refractivity contribution in [3.63, 3.8) is 0 Å². The SMILES string of the molecule is N/C(=N/O)c1ncccc1N1CCCC(C(F)(F)F)C1. The first-order valence-corrected chi connectivity index (χ1v) is 6.18. The average Bonchev–Trinajstić information content (AvgIpc) is 2.45. The number of anilines is 1. The number of alkyl halides is 3. The van der Waals surface area contributed by atoms with Crippen molar-refractivity contribution in [2.75, 3.05) is 18.0 Å². The Bertz CT molecular complexity index is 504. The minimum atomic E-state index is -4.21. The summed E-state index contributed by atoms with van der Waals surface area (Å²) in [5, 5.41) is 11.6. The molecule has 0 amide bonds. The molecule has 0 radical (unpaired) electrons. The van der Waals surface area contributed by atoms with E-state index in [2.05, 4.69) is 10.1 Å². The lowest BCUT2D eigenvalue weighted by Crippen LogP contribution is -2.42. The van der Waals surface area contributed by atoms with Gasteiger partial charge in [0, 0.05) is 19.3 Å². The molecule has 8 heteroatoms. The van der Waals surface area contributed by atoms with E-state index in [4.69, 9.17) is 10.9 Å². The Morgan fingerprint density at radius 3 is 2.90 bits per heavy atom. The van der Waals surface area contributed by atoms with Gasteiger partial charge in [-0.3, -0.25) is 4.98 Å². The predicted octanol–water partition coefficient (Wildman–Crippen LogP) is 1.95. The van der Waals surface area contributed by atoms with Crippen LogP contribution in [0.2, 0.25) is 0 Å². The highest BCUT2D eigenvalue weighted by atomic mass is 19.4. The van der Waals surface area contributed by atoms with E-state index in [0.29, 0.717) is 18.7 Å². The number of aromatic nitrogens is 1. The van der Waals surface area contributed by atoms with E-state index in [-0.39, 0.29) is 24.5 Å². The van der Waals surface area contributed by atoms with E-state index >= 15 is 0 Å². The first-order valence-electron chi connectivity index (χ1n) is 6.18. The Balaban J connectivity index is 2.28. The van der Waals surface area contributed by atoms with Gasteiger partial charge < -0.3 is 15.8 Å². The third-order valence-electron chi connectivity index (χ3n) is 3.36. The van der Waals surface area contributed by atoms with Gasteiger partial charge in [-0.05, 0) is 25.0 Å². The van der Waals surface area contributed by atoms with Gasteiger partial charge in [0.15, 0.2) is 5.84 Å². The number of nitrogens with zero attached hydrogens (tertiary/aromatic N) is 3. The van der Waals surface area contributed by atoms with Crippen molar-refractivity contribution in [2.45, 2.75) is 19.0 Å². The Kier molecular flexibility index (Phi) is 4.01. The third-order valence-corrected chi connectivity index (χ3v) is 3.36. The third kappa shape index (κ3) is 2.94. The van der Waals surface area contributed by atoms with Crippen LogP contribution in [0.25, 0.3) is 0 Å². The summed E-state index contributed by atoms with van der Waals surface area (Å²) in [6.45, 7) is 0.352. The molecular weight excluding hydrogens is 273 g/mol. The van der Waals surface area contributed by atoms with Crippen LogP contribution in [-0.2, 0) is 0 Å². The van der Waals surface area contributed by atoms with Crippen LogP contribution in [0.1, 0.15) is 18.5 Å². The smallest absolute Gasteiger partial charge is 0.393 e. The van der Waals surface area contributed by atoms with Crippen molar-refractivity contribution < 1.29 is 18.4 Å². The van der Waals surface area contributed by atoms with Crippen LogP contribution in [-0.4, -0.2) is 35.3 Å². The summed E-state index contributed by atoms with van der Waals surface area (Å²) in [5.74, 6) is -1.58. The van der Waals surface area contributed by atoms with Crippen molar-refractivity contribution in [3.8, 4) is 0 Å². The lowest BCUT2D eigenvalue weighted by molar-refractivity contribution is -0.175. The summed E-state index contributed by atoms with van der Waals surface area (Å²) in [5.41, 5.74) is 6.16. The standard InChI is InChI=1S/C12H15F3N4O/c13-12(14,15)8-3-2-6-19(7-8)9-4-1-5-17-10(9)11(16)18-20/h1,4-5,8,20H,2-3,6-7H2,(H2,16,18). The summed E-state index contributed by atoms with van der Waals surface area (Å²) in [7, 11) is 0. The van der Waals surface area contributed by atoms with Crippen molar-refractivity contribution in [2.24, 2.45) is 16.8 Å². The molecule has 1 aromatic rings. The van der Waals surface area contributed by atoms with Crippen molar-refractivity contribution in [3.05, 3.63) is 24.0 Å². The molecule has 110 valence electrons. The van der Waals surface area contributed by atoms with Gasteiger partial charge in [0.2, 0.25) is 0 Å². The zero-order chi connectivity index (χ0) is 14.8. The van der Waals surface area contributed by atoms with Gasteiger partial charge in [-0.25, -0.2) is 0 Å². The van der Waals surface area contributed by atoms with Crippen molar-refractivity contribution >= 4 is 11.5 Å².